The highest BCUT2D eigenvalue weighted by Crippen LogP contribution is 2.21. The van der Waals surface area contributed by atoms with Crippen LogP contribution in [0.15, 0.2) is 48.5 Å². The van der Waals surface area contributed by atoms with Gasteiger partial charge in [-0.3, -0.25) is 10.8 Å². The summed E-state index contributed by atoms with van der Waals surface area (Å²) in [4.78, 5) is 1.08. The summed E-state index contributed by atoms with van der Waals surface area (Å²) in [5.41, 5.74) is 4.68. The van der Waals surface area contributed by atoms with Gasteiger partial charge >= 0.3 is 0 Å². The number of benzene rings is 2. The second kappa shape index (κ2) is 14.4. The third-order valence-electron chi connectivity index (χ3n) is 6.87. The number of hydrogen-bond acceptors (Lipinski definition) is 6. The van der Waals surface area contributed by atoms with Gasteiger partial charge in [-0.25, -0.2) is 9.36 Å². The van der Waals surface area contributed by atoms with Gasteiger partial charge in [0.25, 0.3) is 0 Å². The fraction of sp³-hybridized carbons (Fsp3) is 0.467. The molecule has 0 fully saturated rings. The van der Waals surface area contributed by atoms with E-state index in [4.69, 9.17) is 10.8 Å². The number of nitrogens with one attached hydrogen (secondary N) is 2. The molecule has 2 N–H and O–H groups in total. The van der Waals surface area contributed by atoms with E-state index < -0.39 is 0 Å². The van der Waals surface area contributed by atoms with Gasteiger partial charge in [0.15, 0.2) is 0 Å². The minimum atomic E-state index is 0.541. The van der Waals surface area contributed by atoms with Crippen LogP contribution in [0.4, 0.5) is 0 Å². The molecular weight excluding hydrogens is 509 g/mol. The van der Waals surface area contributed by atoms with Crippen LogP contribution in [0.25, 0.3) is 21.1 Å². The molecule has 2 heterocycles. The normalized spacial score (nSPS) is 11.3. The Hall–Kier alpha value is -2.84. The third-order valence-corrected chi connectivity index (χ3v) is 8.70. The first-order valence-corrected chi connectivity index (χ1v) is 15.5. The maximum absolute atomic E-state index is 8.23. The third kappa shape index (κ3) is 8.33. The van der Waals surface area contributed by atoms with Gasteiger partial charge < -0.3 is 0 Å². The second-order valence-electron chi connectivity index (χ2n) is 10.1. The molecule has 4 rings (SSSR count). The molecule has 0 aliphatic heterocycles. The van der Waals surface area contributed by atoms with Gasteiger partial charge in [0, 0.05) is 24.2 Å². The van der Waals surface area contributed by atoms with Gasteiger partial charge in [0.1, 0.15) is 10.0 Å². The molecule has 0 radical (unpaired) electrons. The molecule has 8 heteroatoms. The zero-order valence-electron chi connectivity index (χ0n) is 22.7. The summed E-state index contributed by atoms with van der Waals surface area (Å²) in [7, 11) is 0. The number of unbranched alkanes of at least 4 members (excludes halogenated alkanes) is 9. The SMILES string of the molecule is Cc1ccc(-c2nn(CCCCCCCCCCCCn3nc(-c4ccc(C)cc4)sc3=N)c(=N)s2)cc1. The Kier molecular flexibility index (Phi) is 10.6. The van der Waals surface area contributed by atoms with Crippen LogP contribution >= 0.6 is 22.7 Å². The van der Waals surface area contributed by atoms with Crippen molar-refractivity contribution in [3.8, 4) is 21.1 Å². The first kappa shape index (κ1) is 28.2. The fourth-order valence-corrected chi connectivity index (χ4v) is 6.13. The summed E-state index contributed by atoms with van der Waals surface area (Å²) >= 11 is 2.92. The van der Waals surface area contributed by atoms with Crippen molar-refractivity contribution in [3.05, 3.63) is 69.3 Å². The first-order chi connectivity index (χ1) is 18.5. The van der Waals surface area contributed by atoms with E-state index >= 15 is 0 Å². The van der Waals surface area contributed by atoms with Crippen LogP contribution in [0.3, 0.4) is 0 Å². The van der Waals surface area contributed by atoms with Crippen LogP contribution in [0.5, 0.6) is 0 Å². The molecule has 2 aromatic heterocycles. The van der Waals surface area contributed by atoms with E-state index in [0.717, 1.165) is 47.1 Å². The highest BCUT2D eigenvalue weighted by Gasteiger charge is 2.07. The van der Waals surface area contributed by atoms with Crippen LogP contribution in [-0.4, -0.2) is 19.6 Å². The lowest BCUT2D eigenvalue weighted by Gasteiger charge is -2.04. The van der Waals surface area contributed by atoms with Crippen molar-refractivity contribution in [2.75, 3.05) is 0 Å². The highest BCUT2D eigenvalue weighted by molar-refractivity contribution is 7.12. The van der Waals surface area contributed by atoms with Gasteiger partial charge in [-0.15, -0.1) is 0 Å². The molecule has 2 aromatic carbocycles. The van der Waals surface area contributed by atoms with E-state index in [1.807, 2.05) is 9.36 Å². The van der Waals surface area contributed by atoms with Crippen molar-refractivity contribution in [2.45, 2.75) is 91.1 Å². The van der Waals surface area contributed by atoms with Gasteiger partial charge in [0.2, 0.25) is 9.60 Å². The molecule has 0 aliphatic rings. The summed E-state index contributed by atoms with van der Waals surface area (Å²) in [5, 5.41) is 27.7. The molecule has 0 bridgehead atoms. The number of hydrogen-bond donors (Lipinski definition) is 2. The van der Waals surface area contributed by atoms with Crippen molar-refractivity contribution in [1.82, 2.24) is 19.6 Å². The molecule has 0 amide bonds. The van der Waals surface area contributed by atoms with Crippen molar-refractivity contribution in [1.29, 1.82) is 10.8 Å². The maximum atomic E-state index is 8.23. The Morgan fingerprint density at radius 1 is 0.526 bits per heavy atom. The summed E-state index contributed by atoms with van der Waals surface area (Å²) < 4.78 is 3.72. The molecule has 0 unspecified atom stereocenters. The Morgan fingerprint density at radius 2 is 0.842 bits per heavy atom. The Labute approximate surface area is 234 Å². The molecule has 0 atom stereocenters. The molecule has 0 spiro atoms. The molecular formula is C30H40N6S2. The summed E-state index contributed by atoms with van der Waals surface area (Å²) in [6, 6.07) is 16.8. The van der Waals surface area contributed by atoms with Gasteiger partial charge in [-0.05, 0) is 26.7 Å². The second-order valence-corrected chi connectivity index (χ2v) is 12.1. The van der Waals surface area contributed by atoms with E-state index in [9.17, 15) is 0 Å². The number of aromatic nitrogens is 4. The van der Waals surface area contributed by atoms with E-state index in [1.165, 1.54) is 85.2 Å². The lowest BCUT2D eigenvalue weighted by atomic mass is 10.1. The van der Waals surface area contributed by atoms with E-state index in [-0.39, 0.29) is 0 Å². The predicted octanol–water partition coefficient (Wildman–Crippen LogP) is 7.71. The quantitative estimate of drug-likeness (QED) is 0.149. The minimum absolute atomic E-state index is 0.541. The zero-order valence-corrected chi connectivity index (χ0v) is 24.3. The lowest BCUT2D eigenvalue weighted by molar-refractivity contribution is 0.494. The highest BCUT2D eigenvalue weighted by atomic mass is 32.1. The van der Waals surface area contributed by atoms with Crippen LogP contribution < -0.4 is 9.60 Å². The topological polar surface area (TPSA) is 83.3 Å². The van der Waals surface area contributed by atoms with Crippen LogP contribution in [0.2, 0.25) is 0 Å². The summed E-state index contributed by atoms with van der Waals surface area (Å²) in [6.07, 6.45) is 12.3. The molecule has 0 saturated heterocycles. The van der Waals surface area contributed by atoms with Gasteiger partial charge in [0.05, 0.1) is 0 Å². The van der Waals surface area contributed by atoms with Crippen molar-refractivity contribution in [3.63, 3.8) is 0 Å². The van der Waals surface area contributed by atoms with Crippen molar-refractivity contribution >= 4 is 22.7 Å². The zero-order chi connectivity index (χ0) is 26.7. The van der Waals surface area contributed by atoms with Crippen LogP contribution in [0, 0.1) is 24.7 Å². The molecule has 202 valence electrons. The molecule has 4 aromatic rings. The van der Waals surface area contributed by atoms with Gasteiger partial charge in [-0.2, -0.15) is 10.2 Å². The average molecular weight is 549 g/mol. The predicted molar refractivity (Wildman–Crippen MR) is 158 cm³/mol. The monoisotopic (exact) mass is 548 g/mol. The smallest absolute Gasteiger partial charge is 0.200 e. The Balaban J connectivity index is 1.02. The summed E-state index contributed by atoms with van der Waals surface area (Å²) in [5.74, 6) is 0. The molecule has 0 saturated carbocycles. The number of rotatable bonds is 15. The van der Waals surface area contributed by atoms with Crippen LogP contribution in [-0.2, 0) is 13.1 Å². The molecule has 0 aliphatic carbocycles. The van der Waals surface area contributed by atoms with E-state index in [0.29, 0.717) is 9.60 Å². The van der Waals surface area contributed by atoms with Crippen molar-refractivity contribution < 1.29 is 0 Å². The molecule has 38 heavy (non-hydrogen) atoms. The maximum Gasteiger partial charge on any atom is 0.200 e. The Bertz CT molecular complexity index is 1270. The average Bonchev–Trinajstić information content (AvgIpc) is 3.47. The molecule has 6 nitrogen and oxygen atoms in total. The standard InChI is InChI=1S/C30H40N6S2/c1-23-13-17-25(18-14-23)27-33-35(29(31)37-27)21-11-9-7-5-3-4-6-8-10-12-22-36-30(32)38-28(34-36)26-19-15-24(2)16-20-26/h13-20,31-32H,3-12,21-22H2,1-2H3. The minimum Gasteiger partial charge on any atom is -0.274 e. The Morgan fingerprint density at radius 3 is 1.18 bits per heavy atom. The van der Waals surface area contributed by atoms with E-state index in [1.54, 1.807) is 0 Å². The number of aryl methyl sites for hydroxylation is 4. The van der Waals surface area contributed by atoms with Crippen molar-refractivity contribution in [2.24, 2.45) is 0 Å². The largest absolute Gasteiger partial charge is 0.274 e. The number of nitrogens with zero attached hydrogens (tertiary/aromatic N) is 4. The lowest BCUT2D eigenvalue weighted by Crippen LogP contribution is -2.14. The first-order valence-electron chi connectivity index (χ1n) is 13.9. The summed E-state index contributed by atoms with van der Waals surface area (Å²) in [6.45, 7) is 5.85. The fourth-order valence-electron chi connectivity index (χ4n) is 4.51. The van der Waals surface area contributed by atoms with Gasteiger partial charge in [-0.1, -0.05) is 134 Å². The van der Waals surface area contributed by atoms with Crippen LogP contribution in [0.1, 0.15) is 75.3 Å². The van der Waals surface area contributed by atoms with E-state index in [2.05, 4.69) is 72.6 Å².